The van der Waals surface area contributed by atoms with Crippen LogP contribution < -0.4 is 15.6 Å². The number of hydrazine groups is 1. The summed E-state index contributed by atoms with van der Waals surface area (Å²) >= 11 is 0. The van der Waals surface area contributed by atoms with Crippen LogP contribution in [0.1, 0.15) is 34.5 Å². The molecule has 0 saturated carbocycles. The van der Waals surface area contributed by atoms with Crippen molar-refractivity contribution in [2.45, 2.75) is 19.6 Å². The first kappa shape index (κ1) is 19.7. The van der Waals surface area contributed by atoms with Crippen LogP contribution in [-0.2, 0) is 6.61 Å². The Balaban J connectivity index is 1.55. The first-order chi connectivity index (χ1) is 14.6. The number of carbonyl (C=O) groups excluding carboxylic acids is 1. The van der Waals surface area contributed by atoms with Gasteiger partial charge < -0.3 is 15.3 Å². The van der Waals surface area contributed by atoms with E-state index in [1.54, 1.807) is 12.1 Å². The summed E-state index contributed by atoms with van der Waals surface area (Å²) in [5.41, 5.74) is 9.42. The van der Waals surface area contributed by atoms with Crippen molar-refractivity contribution < 1.29 is 14.6 Å². The van der Waals surface area contributed by atoms with E-state index in [1.165, 1.54) is 12.1 Å². The molecule has 5 nitrogen and oxygen atoms in total. The van der Waals surface area contributed by atoms with Crippen molar-refractivity contribution in [3.63, 3.8) is 0 Å². The highest BCUT2D eigenvalue weighted by Gasteiger charge is 2.30. The average Bonchev–Trinajstić information content (AvgIpc) is 3.13. The molecular weight excluding hydrogens is 376 g/mol. The number of hydrogen-bond donors (Lipinski definition) is 3. The third-order valence-electron chi connectivity index (χ3n) is 5.30. The molecule has 5 heteroatoms. The molecule has 0 aromatic heterocycles. The molecule has 30 heavy (non-hydrogen) atoms. The quantitative estimate of drug-likeness (QED) is 0.419. The molecule has 1 saturated heterocycles. The number of benzene rings is 3. The number of phenolic OH excluding ortho intramolecular Hbond substituents is 1. The Kier molecular flexibility index (Phi) is 5.82. The lowest BCUT2D eigenvalue weighted by Crippen LogP contribution is -2.24. The molecular formula is C25H24N2O3. The third kappa shape index (κ3) is 4.21. The monoisotopic (exact) mass is 400 g/mol. The van der Waals surface area contributed by atoms with E-state index < -0.39 is 0 Å². The summed E-state index contributed by atoms with van der Waals surface area (Å²) in [7, 11) is 0. The minimum Gasteiger partial charge on any atom is -0.507 e. The van der Waals surface area contributed by atoms with Crippen molar-refractivity contribution in [2.75, 3.05) is 0 Å². The molecule has 3 N–H and O–H groups in total. The summed E-state index contributed by atoms with van der Waals surface area (Å²) in [6, 6.07) is 24.7. The Morgan fingerprint density at radius 2 is 1.70 bits per heavy atom. The van der Waals surface area contributed by atoms with Crippen molar-refractivity contribution in [1.82, 2.24) is 10.9 Å². The number of hydrogen-bond acceptors (Lipinski definition) is 5. The molecule has 0 spiro atoms. The molecule has 0 aliphatic carbocycles. The van der Waals surface area contributed by atoms with Gasteiger partial charge in [0, 0.05) is 17.7 Å². The predicted octanol–water partition coefficient (Wildman–Crippen LogP) is 4.52. The molecule has 0 amide bonds. The van der Waals surface area contributed by atoms with Crippen molar-refractivity contribution >= 4 is 5.78 Å². The maximum Gasteiger partial charge on any atom is 0.195 e. The summed E-state index contributed by atoms with van der Waals surface area (Å²) in [5, 5.41) is 10.4. The lowest BCUT2D eigenvalue weighted by molar-refractivity contribution is 0.103. The molecule has 3 aromatic carbocycles. The number of ether oxygens (including phenoxy) is 1. The number of phenols is 1. The molecule has 4 rings (SSSR count). The smallest absolute Gasteiger partial charge is 0.195 e. The van der Waals surface area contributed by atoms with Crippen LogP contribution >= 0.6 is 0 Å². The van der Waals surface area contributed by atoms with Crippen LogP contribution in [0.5, 0.6) is 11.5 Å². The highest BCUT2D eigenvalue weighted by molar-refractivity contribution is 6.08. The number of rotatable bonds is 6. The van der Waals surface area contributed by atoms with Gasteiger partial charge in [-0.3, -0.25) is 4.79 Å². The minimum absolute atomic E-state index is 0.0587. The summed E-state index contributed by atoms with van der Waals surface area (Å²) in [6.07, 6.45) is 1.53. The van der Waals surface area contributed by atoms with E-state index >= 15 is 0 Å². The first-order valence-corrected chi connectivity index (χ1v) is 9.94. The number of allylic oxidation sites excluding steroid dienone is 1. The molecule has 1 aliphatic rings. The van der Waals surface area contributed by atoms with E-state index in [-0.39, 0.29) is 29.1 Å². The van der Waals surface area contributed by atoms with Crippen LogP contribution in [0.3, 0.4) is 0 Å². The maximum absolute atomic E-state index is 13.1. The Labute approximate surface area is 176 Å². The Morgan fingerprint density at radius 1 is 1.00 bits per heavy atom. The molecule has 0 bridgehead atoms. The number of ketones is 1. The zero-order valence-corrected chi connectivity index (χ0v) is 16.7. The second-order valence-electron chi connectivity index (χ2n) is 7.33. The van der Waals surface area contributed by atoms with E-state index in [9.17, 15) is 9.90 Å². The van der Waals surface area contributed by atoms with Crippen LogP contribution in [-0.4, -0.2) is 10.9 Å². The Hall–Kier alpha value is -3.57. The van der Waals surface area contributed by atoms with E-state index in [1.807, 2.05) is 48.5 Å². The van der Waals surface area contributed by atoms with Crippen LogP contribution in [0.2, 0.25) is 0 Å². The topological polar surface area (TPSA) is 70.6 Å². The standard InChI is InChI=1S/C25H24N2O3/c1-17-20(26-27-25(17)19-11-6-3-7-12-19)15-22(29)24-21(28)13-8-14-23(24)30-16-18-9-4-2-5-10-18/h2-15,17,25-28H,16H2,1H3/b20-15+. The molecule has 1 aliphatic heterocycles. The van der Waals surface area contributed by atoms with E-state index in [0.29, 0.717) is 12.4 Å². The zero-order chi connectivity index (χ0) is 20.9. The van der Waals surface area contributed by atoms with Gasteiger partial charge in [-0.05, 0) is 23.3 Å². The normalized spacial score (nSPS) is 19.4. The third-order valence-corrected chi connectivity index (χ3v) is 5.30. The number of aromatic hydroxyl groups is 1. The van der Waals surface area contributed by atoms with Gasteiger partial charge in [0.25, 0.3) is 0 Å². The minimum atomic E-state index is -0.305. The van der Waals surface area contributed by atoms with Gasteiger partial charge in [0.1, 0.15) is 23.7 Å². The fraction of sp³-hybridized carbons (Fsp3) is 0.160. The highest BCUT2D eigenvalue weighted by Crippen LogP contribution is 2.33. The van der Waals surface area contributed by atoms with Crippen LogP contribution in [0, 0.1) is 5.92 Å². The van der Waals surface area contributed by atoms with E-state index in [4.69, 9.17) is 4.74 Å². The molecule has 1 heterocycles. The lowest BCUT2D eigenvalue weighted by Gasteiger charge is -2.14. The lowest BCUT2D eigenvalue weighted by atomic mass is 9.93. The molecule has 0 radical (unpaired) electrons. The molecule has 1 fully saturated rings. The van der Waals surface area contributed by atoms with Gasteiger partial charge in [0.15, 0.2) is 5.78 Å². The average molecular weight is 400 g/mol. The number of nitrogens with one attached hydrogen (secondary N) is 2. The second-order valence-corrected chi connectivity index (χ2v) is 7.33. The van der Waals surface area contributed by atoms with Crippen LogP contribution in [0.4, 0.5) is 0 Å². The van der Waals surface area contributed by atoms with Gasteiger partial charge in [0.2, 0.25) is 0 Å². The summed E-state index contributed by atoms with van der Waals surface area (Å²) in [6.45, 7) is 2.37. The van der Waals surface area contributed by atoms with Gasteiger partial charge >= 0.3 is 0 Å². The fourth-order valence-corrected chi connectivity index (χ4v) is 3.62. The molecule has 2 atom stereocenters. The van der Waals surface area contributed by atoms with Gasteiger partial charge in [-0.15, -0.1) is 0 Å². The van der Waals surface area contributed by atoms with Gasteiger partial charge in [-0.25, -0.2) is 5.43 Å². The predicted molar refractivity (Wildman–Crippen MR) is 116 cm³/mol. The zero-order valence-electron chi connectivity index (χ0n) is 16.7. The number of carbonyl (C=O) groups is 1. The van der Waals surface area contributed by atoms with Crippen molar-refractivity contribution in [1.29, 1.82) is 0 Å². The first-order valence-electron chi connectivity index (χ1n) is 9.94. The van der Waals surface area contributed by atoms with Crippen molar-refractivity contribution in [2.24, 2.45) is 5.92 Å². The fourth-order valence-electron chi connectivity index (χ4n) is 3.62. The second kappa shape index (κ2) is 8.84. The van der Waals surface area contributed by atoms with Crippen LogP contribution in [0.25, 0.3) is 0 Å². The van der Waals surface area contributed by atoms with E-state index in [2.05, 4.69) is 29.9 Å². The highest BCUT2D eigenvalue weighted by atomic mass is 16.5. The van der Waals surface area contributed by atoms with Gasteiger partial charge in [-0.1, -0.05) is 73.7 Å². The largest absolute Gasteiger partial charge is 0.507 e. The molecule has 3 aromatic rings. The van der Waals surface area contributed by atoms with Gasteiger partial charge in [0.05, 0.1) is 6.04 Å². The van der Waals surface area contributed by atoms with Gasteiger partial charge in [-0.2, -0.15) is 0 Å². The molecule has 2 unspecified atom stereocenters. The molecule has 152 valence electrons. The van der Waals surface area contributed by atoms with E-state index in [0.717, 1.165) is 16.8 Å². The maximum atomic E-state index is 13.1. The Bertz CT molecular complexity index is 1050. The van der Waals surface area contributed by atoms with Crippen molar-refractivity contribution in [3.05, 3.63) is 107 Å². The summed E-state index contributed by atoms with van der Waals surface area (Å²) in [4.78, 5) is 13.1. The Morgan fingerprint density at radius 3 is 2.43 bits per heavy atom. The van der Waals surface area contributed by atoms with Crippen LogP contribution in [0.15, 0.2) is 90.6 Å². The summed E-state index contributed by atoms with van der Waals surface area (Å²) < 4.78 is 5.86. The summed E-state index contributed by atoms with van der Waals surface area (Å²) in [5.74, 6) is 0.0245. The SMILES string of the molecule is CC1/C(=C\C(=O)c2c(O)cccc2OCc2ccccc2)NNC1c1ccccc1. The van der Waals surface area contributed by atoms with Crippen molar-refractivity contribution in [3.8, 4) is 11.5 Å².